The van der Waals surface area contributed by atoms with E-state index in [1.54, 1.807) is 18.8 Å². The van der Waals surface area contributed by atoms with E-state index in [4.69, 9.17) is 0 Å². The van der Waals surface area contributed by atoms with Crippen molar-refractivity contribution in [2.45, 2.75) is 45.1 Å². The van der Waals surface area contributed by atoms with E-state index in [1.165, 1.54) is 11.6 Å². The highest BCUT2D eigenvalue weighted by Gasteiger charge is 2.18. The molecule has 0 N–H and O–H groups in total. The Morgan fingerprint density at radius 1 is 1.04 bits per heavy atom. The van der Waals surface area contributed by atoms with E-state index >= 15 is 0 Å². The Hall–Kier alpha value is -1.63. The third kappa shape index (κ3) is 3.49. The summed E-state index contributed by atoms with van der Waals surface area (Å²) >= 11 is 1.57. The second-order valence-corrected chi connectivity index (χ2v) is 7.56. The first-order valence-corrected chi connectivity index (χ1v) is 8.83. The monoisotopic (exact) mass is 336 g/mol. The summed E-state index contributed by atoms with van der Waals surface area (Å²) in [6, 6.07) is 0. The molecule has 0 aliphatic heterocycles. The first-order chi connectivity index (χ1) is 10.7. The maximum absolute atomic E-state index is 12.6. The van der Waals surface area contributed by atoms with Crippen molar-refractivity contribution in [2.75, 3.05) is 5.75 Å². The molecular weight excluding hydrogens is 312 g/mol. The SMILES string of the molecule is CC(C)CCSc1nc(C(C)C)nc2c1c(=O)n(C)c(=O)n2C. The first-order valence-electron chi connectivity index (χ1n) is 7.84. The Kier molecular flexibility index (Phi) is 5.29. The Morgan fingerprint density at radius 2 is 1.70 bits per heavy atom. The Morgan fingerprint density at radius 3 is 2.26 bits per heavy atom. The van der Waals surface area contributed by atoms with Crippen molar-refractivity contribution < 1.29 is 0 Å². The average Bonchev–Trinajstić information content (AvgIpc) is 2.49. The zero-order chi connectivity index (χ0) is 17.3. The molecule has 0 spiro atoms. The summed E-state index contributed by atoms with van der Waals surface area (Å²) in [4.78, 5) is 33.8. The van der Waals surface area contributed by atoms with Crippen LogP contribution in [-0.4, -0.2) is 24.9 Å². The van der Waals surface area contributed by atoms with Gasteiger partial charge in [-0.2, -0.15) is 0 Å². The van der Waals surface area contributed by atoms with Gasteiger partial charge in [-0.3, -0.25) is 13.9 Å². The number of aryl methyl sites for hydroxylation is 1. The molecule has 0 unspecified atom stereocenters. The second kappa shape index (κ2) is 6.86. The maximum atomic E-state index is 12.6. The molecule has 2 aromatic rings. The van der Waals surface area contributed by atoms with Crippen molar-refractivity contribution >= 4 is 22.8 Å². The number of fused-ring (bicyclic) bond motifs is 1. The molecule has 2 aromatic heterocycles. The van der Waals surface area contributed by atoms with Crippen LogP contribution in [-0.2, 0) is 14.1 Å². The van der Waals surface area contributed by atoms with Crippen LogP contribution >= 0.6 is 11.8 Å². The Bertz CT molecular complexity index is 837. The average molecular weight is 336 g/mol. The zero-order valence-electron chi connectivity index (χ0n) is 14.6. The van der Waals surface area contributed by atoms with Crippen LogP contribution in [0.5, 0.6) is 0 Å². The predicted octanol–water partition coefficient (Wildman–Crippen LogP) is 2.29. The van der Waals surface area contributed by atoms with Gasteiger partial charge in [0.25, 0.3) is 5.56 Å². The lowest BCUT2D eigenvalue weighted by atomic mass is 10.2. The van der Waals surface area contributed by atoms with E-state index in [0.29, 0.717) is 27.8 Å². The minimum absolute atomic E-state index is 0.128. The zero-order valence-corrected chi connectivity index (χ0v) is 15.4. The van der Waals surface area contributed by atoms with Gasteiger partial charge in [0.15, 0.2) is 5.65 Å². The number of hydrogen-bond donors (Lipinski definition) is 0. The number of aromatic nitrogens is 4. The quantitative estimate of drug-likeness (QED) is 0.619. The molecule has 126 valence electrons. The van der Waals surface area contributed by atoms with Crippen LogP contribution in [0.4, 0.5) is 0 Å². The fourth-order valence-corrected chi connectivity index (χ4v) is 3.46. The second-order valence-electron chi connectivity index (χ2n) is 6.48. The van der Waals surface area contributed by atoms with Gasteiger partial charge < -0.3 is 0 Å². The van der Waals surface area contributed by atoms with Crippen LogP contribution in [0.2, 0.25) is 0 Å². The summed E-state index contributed by atoms with van der Waals surface area (Å²) < 4.78 is 2.55. The van der Waals surface area contributed by atoms with Crippen LogP contribution in [0, 0.1) is 5.92 Å². The lowest BCUT2D eigenvalue weighted by Gasteiger charge is -2.13. The van der Waals surface area contributed by atoms with Gasteiger partial charge in [0, 0.05) is 20.0 Å². The number of nitrogens with zero attached hydrogens (tertiary/aromatic N) is 4. The number of hydrogen-bond acceptors (Lipinski definition) is 5. The summed E-state index contributed by atoms with van der Waals surface area (Å²) in [5, 5.41) is 1.11. The fraction of sp³-hybridized carbons (Fsp3) is 0.625. The molecule has 0 aliphatic carbocycles. The molecule has 0 fully saturated rings. The van der Waals surface area contributed by atoms with E-state index in [2.05, 4.69) is 23.8 Å². The summed E-state index contributed by atoms with van der Waals surface area (Å²) in [5.74, 6) is 2.26. The molecule has 6 nitrogen and oxygen atoms in total. The third-order valence-electron chi connectivity index (χ3n) is 3.73. The van der Waals surface area contributed by atoms with E-state index in [1.807, 2.05) is 13.8 Å². The van der Waals surface area contributed by atoms with Gasteiger partial charge in [-0.05, 0) is 18.1 Å². The van der Waals surface area contributed by atoms with Gasteiger partial charge in [0.2, 0.25) is 0 Å². The molecule has 2 rings (SSSR count). The minimum Gasteiger partial charge on any atom is -0.280 e. The van der Waals surface area contributed by atoms with E-state index < -0.39 is 0 Å². The van der Waals surface area contributed by atoms with Gasteiger partial charge in [-0.15, -0.1) is 11.8 Å². The lowest BCUT2D eigenvalue weighted by Crippen LogP contribution is -2.38. The molecule has 0 saturated heterocycles. The lowest BCUT2D eigenvalue weighted by molar-refractivity contribution is 0.631. The summed E-state index contributed by atoms with van der Waals surface area (Å²) in [7, 11) is 3.13. The van der Waals surface area contributed by atoms with Crippen molar-refractivity contribution in [1.82, 2.24) is 19.1 Å². The van der Waals surface area contributed by atoms with Crippen molar-refractivity contribution in [3.63, 3.8) is 0 Å². The van der Waals surface area contributed by atoms with Crippen molar-refractivity contribution in [2.24, 2.45) is 20.0 Å². The Balaban J connectivity index is 2.72. The summed E-state index contributed by atoms with van der Waals surface area (Å²) in [6.07, 6.45) is 1.04. The molecule has 0 atom stereocenters. The molecule has 2 heterocycles. The van der Waals surface area contributed by atoms with Gasteiger partial charge in [-0.1, -0.05) is 27.7 Å². The normalized spacial score (nSPS) is 11.8. The third-order valence-corrected chi connectivity index (χ3v) is 4.74. The van der Waals surface area contributed by atoms with Gasteiger partial charge in [0.1, 0.15) is 16.2 Å². The van der Waals surface area contributed by atoms with Crippen LogP contribution in [0.1, 0.15) is 45.9 Å². The molecule has 0 bridgehead atoms. The molecule has 0 aliphatic rings. The maximum Gasteiger partial charge on any atom is 0.332 e. The van der Waals surface area contributed by atoms with Gasteiger partial charge in [-0.25, -0.2) is 14.8 Å². The van der Waals surface area contributed by atoms with E-state index in [9.17, 15) is 9.59 Å². The highest BCUT2D eigenvalue weighted by molar-refractivity contribution is 7.99. The van der Waals surface area contributed by atoms with Crippen molar-refractivity contribution in [3.05, 3.63) is 26.7 Å². The van der Waals surface area contributed by atoms with Crippen molar-refractivity contribution in [3.8, 4) is 0 Å². The first kappa shape index (κ1) is 17.7. The highest BCUT2D eigenvalue weighted by atomic mass is 32.2. The fourth-order valence-electron chi connectivity index (χ4n) is 2.20. The largest absolute Gasteiger partial charge is 0.332 e. The Labute approximate surface area is 140 Å². The molecule has 0 radical (unpaired) electrons. The topological polar surface area (TPSA) is 69.8 Å². The number of thioether (sulfide) groups is 1. The van der Waals surface area contributed by atoms with Gasteiger partial charge in [0.05, 0.1) is 0 Å². The molecule has 23 heavy (non-hydrogen) atoms. The molecule has 0 aromatic carbocycles. The summed E-state index contributed by atoms with van der Waals surface area (Å²) in [6.45, 7) is 8.34. The standard InChI is InChI=1S/C16H24N4O2S/c1-9(2)7-8-23-14-11-13(17-12(18-14)10(3)4)19(5)16(22)20(6)15(11)21/h9-10H,7-8H2,1-6H3. The molecule has 7 heteroatoms. The van der Waals surface area contributed by atoms with Crippen LogP contribution in [0.15, 0.2) is 14.6 Å². The predicted molar refractivity (Wildman–Crippen MR) is 94.3 cm³/mol. The number of rotatable bonds is 5. The van der Waals surface area contributed by atoms with Crippen LogP contribution in [0.25, 0.3) is 11.0 Å². The smallest absolute Gasteiger partial charge is 0.280 e. The van der Waals surface area contributed by atoms with Gasteiger partial charge >= 0.3 is 5.69 Å². The van der Waals surface area contributed by atoms with Crippen LogP contribution in [0.3, 0.4) is 0 Å². The van der Waals surface area contributed by atoms with Crippen molar-refractivity contribution in [1.29, 1.82) is 0 Å². The molecular formula is C16H24N4O2S. The van der Waals surface area contributed by atoms with Crippen LogP contribution < -0.4 is 11.2 Å². The minimum atomic E-state index is -0.367. The van der Waals surface area contributed by atoms with E-state index in [-0.39, 0.29) is 17.2 Å². The molecule has 0 saturated carbocycles. The molecule has 0 amide bonds. The highest BCUT2D eigenvalue weighted by Crippen LogP contribution is 2.25. The van der Waals surface area contributed by atoms with E-state index in [0.717, 1.165) is 16.7 Å². The summed E-state index contributed by atoms with van der Waals surface area (Å²) in [5.41, 5.74) is -0.275.